The molecule has 13 heavy (non-hydrogen) atoms. The zero-order valence-corrected chi connectivity index (χ0v) is 8.71. The van der Waals surface area contributed by atoms with Crippen LogP contribution in [0.15, 0.2) is 18.2 Å². The standard InChI is InChI=1S/C9H4Cl2OS/c10-7-3-8-5(1-6(7)4-12)2-9(11)13-8/h1-4H. The summed E-state index contributed by atoms with van der Waals surface area (Å²) in [7, 11) is 0. The van der Waals surface area contributed by atoms with Crippen molar-refractivity contribution in [1.82, 2.24) is 0 Å². The van der Waals surface area contributed by atoms with Crippen molar-refractivity contribution in [2.24, 2.45) is 0 Å². The van der Waals surface area contributed by atoms with Gasteiger partial charge in [-0.05, 0) is 23.6 Å². The molecule has 1 heterocycles. The molecule has 0 aliphatic rings. The van der Waals surface area contributed by atoms with E-state index in [1.807, 2.05) is 6.07 Å². The molecular weight excluding hydrogens is 227 g/mol. The van der Waals surface area contributed by atoms with Crippen LogP contribution in [0.3, 0.4) is 0 Å². The van der Waals surface area contributed by atoms with E-state index < -0.39 is 0 Å². The largest absolute Gasteiger partial charge is 0.298 e. The van der Waals surface area contributed by atoms with Crippen molar-refractivity contribution >= 4 is 50.9 Å². The van der Waals surface area contributed by atoms with Crippen LogP contribution in [0.25, 0.3) is 10.1 Å². The molecule has 0 N–H and O–H groups in total. The molecule has 0 unspecified atom stereocenters. The van der Waals surface area contributed by atoms with E-state index in [2.05, 4.69) is 0 Å². The van der Waals surface area contributed by atoms with E-state index in [0.29, 0.717) is 14.9 Å². The number of hydrogen-bond donors (Lipinski definition) is 0. The number of rotatable bonds is 1. The monoisotopic (exact) mass is 230 g/mol. The van der Waals surface area contributed by atoms with Gasteiger partial charge in [-0.25, -0.2) is 0 Å². The number of thiophene rings is 1. The molecule has 2 aromatic rings. The summed E-state index contributed by atoms with van der Waals surface area (Å²) in [4.78, 5) is 10.6. The molecule has 0 spiro atoms. The molecule has 0 fully saturated rings. The third-order valence-corrected chi connectivity index (χ3v) is 3.29. The molecule has 0 aliphatic carbocycles. The summed E-state index contributed by atoms with van der Waals surface area (Å²) in [5.41, 5.74) is 0.503. The molecule has 1 nitrogen and oxygen atoms in total. The van der Waals surface area contributed by atoms with Gasteiger partial charge in [0.05, 0.1) is 9.36 Å². The van der Waals surface area contributed by atoms with Crippen LogP contribution in [-0.4, -0.2) is 6.29 Å². The van der Waals surface area contributed by atoms with E-state index in [1.165, 1.54) is 11.3 Å². The van der Waals surface area contributed by atoms with Crippen molar-refractivity contribution < 1.29 is 4.79 Å². The Kier molecular flexibility index (Phi) is 2.28. The van der Waals surface area contributed by atoms with Gasteiger partial charge in [-0.15, -0.1) is 11.3 Å². The molecule has 0 aliphatic heterocycles. The first-order valence-electron chi connectivity index (χ1n) is 3.54. The second-order valence-electron chi connectivity index (χ2n) is 2.58. The van der Waals surface area contributed by atoms with Crippen molar-refractivity contribution in [1.29, 1.82) is 0 Å². The maximum Gasteiger partial charge on any atom is 0.151 e. The summed E-state index contributed by atoms with van der Waals surface area (Å²) in [6, 6.07) is 5.33. The van der Waals surface area contributed by atoms with Gasteiger partial charge in [0, 0.05) is 10.3 Å². The van der Waals surface area contributed by atoms with Gasteiger partial charge in [-0.3, -0.25) is 4.79 Å². The van der Waals surface area contributed by atoms with Crippen molar-refractivity contribution in [3.05, 3.63) is 33.1 Å². The molecule has 0 bridgehead atoms. The predicted octanol–water partition coefficient (Wildman–Crippen LogP) is 4.02. The Morgan fingerprint density at radius 2 is 2.00 bits per heavy atom. The smallest absolute Gasteiger partial charge is 0.151 e. The highest BCUT2D eigenvalue weighted by Gasteiger charge is 2.04. The van der Waals surface area contributed by atoms with Gasteiger partial charge in [0.1, 0.15) is 0 Å². The zero-order chi connectivity index (χ0) is 9.42. The summed E-state index contributed by atoms with van der Waals surface area (Å²) >= 11 is 13.1. The van der Waals surface area contributed by atoms with E-state index in [0.717, 1.165) is 16.4 Å². The maximum atomic E-state index is 10.6. The summed E-state index contributed by atoms with van der Waals surface area (Å²) in [6.07, 6.45) is 0.743. The van der Waals surface area contributed by atoms with Gasteiger partial charge in [0.25, 0.3) is 0 Å². The third-order valence-electron chi connectivity index (χ3n) is 1.73. The van der Waals surface area contributed by atoms with Crippen LogP contribution < -0.4 is 0 Å². The molecule has 1 aromatic heterocycles. The number of carbonyl (C=O) groups excluding carboxylic acids is 1. The minimum Gasteiger partial charge on any atom is -0.298 e. The van der Waals surface area contributed by atoms with Gasteiger partial charge in [0.2, 0.25) is 0 Å². The first kappa shape index (κ1) is 9.00. The van der Waals surface area contributed by atoms with Gasteiger partial charge >= 0.3 is 0 Å². The lowest BCUT2D eigenvalue weighted by molar-refractivity contribution is 0.112. The Hall–Kier alpha value is -0.570. The Morgan fingerprint density at radius 3 is 2.69 bits per heavy atom. The average molecular weight is 231 g/mol. The second-order valence-corrected chi connectivity index (χ2v) is 4.70. The van der Waals surface area contributed by atoms with Crippen molar-refractivity contribution in [2.45, 2.75) is 0 Å². The van der Waals surface area contributed by atoms with Crippen LogP contribution in [0.5, 0.6) is 0 Å². The summed E-state index contributed by atoms with van der Waals surface area (Å²) in [6.45, 7) is 0. The number of halogens is 2. The number of aldehydes is 1. The molecule has 2 rings (SSSR count). The normalized spacial score (nSPS) is 10.6. The molecule has 0 radical (unpaired) electrons. The minimum atomic E-state index is 0.473. The third kappa shape index (κ3) is 1.57. The van der Waals surface area contributed by atoms with E-state index in [-0.39, 0.29) is 0 Å². The minimum absolute atomic E-state index is 0.473. The Bertz CT molecular complexity index is 476. The van der Waals surface area contributed by atoms with Crippen LogP contribution in [0.4, 0.5) is 0 Å². The van der Waals surface area contributed by atoms with Crippen molar-refractivity contribution in [2.75, 3.05) is 0 Å². The van der Waals surface area contributed by atoms with E-state index in [1.54, 1.807) is 12.1 Å². The predicted molar refractivity (Wildman–Crippen MR) is 57.2 cm³/mol. The quantitative estimate of drug-likeness (QED) is 0.677. The van der Waals surface area contributed by atoms with E-state index in [9.17, 15) is 4.79 Å². The molecule has 0 amide bonds. The molecular formula is C9H4Cl2OS. The summed E-state index contributed by atoms with van der Waals surface area (Å²) in [5.74, 6) is 0. The highest BCUT2D eigenvalue weighted by atomic mass is 35.5. The molecule has 0 saturated carbocycles. The number of benzene rings is 1. The maximum absolute atomic E-state index is 10.6. The number of fused-ring (bicyclic) bond motifs is 1. The summed E-state index contributed by atoms with van der Waals surface area (Å²) in [5, 5.41) is 1.43. The number of hydrogen-bond acceptors (Lipinski definition) is 2. The first-order valence-corrected chi connectivity index (χ1v) is 5.12. The Morgan fingerprint density at radius 1 is 1.23 bits per heavy atom. The topological polar surface area (TPSA) is 17.1 Å². The summed E-state index contributed by atoms with van der Waals surface area (Å²) < 4.78 is 1.70. The molecule has 0 atom stereocenters. The van der Waals surface area contributed by atoms with E-state index in [4.69, 9.17) is 23.2 Å². The highest BCUT2D eigenvalue weighted by Crippen LogP contribution is 2.32. The zero-order valence-electron chi connectivity index (χ0n) is 6.38. The highest BCUT2D eigenvalue weighted by molar-refractivity contribution is 7.22. The fourth-order valence-electron chi connectivity index (χ4n) is 1.14. The SMILES string of the molecule is O=Cc1cc2cc(Cl)sc2cc1Cl. The fraction of sp³-hybridized carbons (Fsp3) is 0. The lowest BCUT2D eigenvalue weighted by Gasteiger charge is -1.94. The Balaban J connectivity index is 2.79. The lowest BCUT2D eigenvalue weighted by atomic mass is 10.2. The Labute approximate surface area is 88.9 Å². The van der Waals surface area contributed by atoms with Crippen molar-refractivity contribution in [3.63, 3.8) is 0 Å². The fourth-order valence-corrected chi connectivity index (χ4v) is 2.59. The second kappa shape index (κ2) is 3.29. The molecule has 1 aromatic carbocycles. The first-order chi connectivity index (χ1) is 6.20. The van der Waals surface area contributed by atoms with E-state index >= 15 is 0 Å². The van der Waals surface area contributed by atoms with Gasteiger partial charge in [-0.2, -0.15) is 0 Å². The molecule has 0 saturated heterocycles. The van der Waals surface area contributed by atoms with Crippen LogP contribution in [0, 0.1) is 0 Å². The lowest BCUT2D eigenvalue weighted by Crippen LogP contribution is -1.79. The van der Waals surface area contributed by atoms with Gasteiger partial charge in [0.15, 0.2) is 6.29 Å². The average Bonchev–Trinajstić information content (AvgIpc) is 2.42. The van der Waals surface area contributed by atoms with Crippen LogP contribution in [0.1, 0.15) is 10.4 Å². The van der Waals surface area contributed by atoms with Crippen LogP contribution >= 0.6 is 34.5 Å². The van der Waals surface area contributed by atoms with Crippen molar-refractivity contribution in [3.8, 4) is 0 Å². The van der Waals surface area contributed by atoms with Crippen LogP contribution in [0.2, 0.25) is 9.36 Å². The van der Waals surface area contributed by atoms with Crippen LogP contribution in [-0.2, 0) is 0 Å². The van der Waals surface area contributed by atoms with Gasteiger partial charge < -0.3 is 0 Å². The number of carbonyl (C=O) groups is 1. The molecule has 4 heteroatoms. The molecule has 66 valence electrons. The van der Waals surface area contributed by atoms with Gasteiger partial charge in [-0.1, -0.05) is 23.2 Å².